The van der Waals surface area contributed by atoms with Crippen LogP contribution >= 0.6 is 0 Å². The molecule has 1 fully saturated rings. The van der Waals surface area contributed by atoms with Crippen LogP contribution in [-0.4, -0.2) is 45.8 Å². The Morgan fingerprint density at radius 1 is 1.24 bits per heavy atom. The number of nitrogens with zero attached hydrogens (tertiary/aromatic N) is 3. The molecule has 1 amide bonds. The molecule has 21 heavy (non-hydrogen) atoms. The molecule has 2 unspecified atom stereocenters. The van der Waals surface area contributed by atoms with Crippen molar-refractivity contribution in [3.8, 4) is 5.69 Å². The topological polar surface area (TPSA) is 50.2 Å². The molecule has 1 saturated heterocycles. The summed E-state index contributed by atoms with van der Waals surface area (Å²) in [5.41, 5.74) is 1.46. The third kappa shape index (κ3) is 2.69. The molecular weight excluding hydrogens is 264 g/mol. The first kappa shape index (κ1) is 13.8. The molecular formula is C16H20N4O. The van der Waals surface area contributed by atoms with Crippen LogP contribution in [-0.2, 0) is 0 Å². The third-order valence-electron chi connectivity index (χ3n) is 4.12. The Morgan fingerprint density at radius 2 is 2.00 bits per heavy atom. The Balaban J connectivity index is 1.81. The van der Waals surface area contributed by atoms with Crippen molar-refractivity contribution in [3.05, 3.63) is 48.3 Å². The summed E-state index contributed by atoms with van der Waals surface area (Å²) in [6.07, 6.45) is 1.83. The lowest BCUT2D eigenvalue weighted by Gasteiger charge is -2.38. The van der Waals surface area contributed by atoms with Gasteiger partial charge in [-0.2, -0.15) is 5.10 Å². The molecule has 1 aromatic heterocycles. The van der Waals surface area contributed by atoms with Crippen LogP contribution in [0.4, 0.5) is 0 Å². The molecule has 0 saturated carbocycles. The van der Waals surface area contributed by atoms with Gasteiger partial charge in [0, 0.05) is 31.4 Å². The van der Waals surface area contributed by atoms with Crippen molar-refractivity contribution in [1.82, 2.24) is 20.0 Å². The number of para-hydroxylation sites is 1. The highest BCUT2D eigenvalue weighted by atomic mass is 16.2. The summed E-state index contributed by atoms with van der Waals surface area (Å²) in [6.45, 7) is 5.73. The summed E-state index contributed by atoms with van der Waals surface area (Å²) in [6, 6.07) is 12.1. The smallest absolute Gasteiger partial charge is 0.274 e. The standard InChI is InChI=1S/C16H20N4O/c1-12-13(2)19(11-9-17-12)16(21)15-8-10-20(18-15)14-6-4-3-5-7-14/h3-8,10,12-13,17H,9,11H2,1-2H3. The minimum absolute atomic E-state index is 0.00512. The van der Waals surface area contributed by atoms with Gasteiger partial charge in [0.25, 0.3) is 5.91 Å². The maximum absolute atomic E-state index is 12.6. The number of hydrogen-bond acceptors (Lipinski definition) is 3. The largest absolute Gasteiger partial charge is 0.332 e. The lowest BCUT2D eigenvalue weighted by atomic mass is 10.1. The van der Waals surface area contributed by atoms with E-state index in [1.165, 1.54) is 0 Å². The lowest BCUT2D eigenvalue weighted by molar-refractivity contribution is 0.0596. The van der Waals surface area contributed by atoms with E-state index < -0.39 is 0 Å². The van der Waals surface area contributed by atoms with Gasteiger partial charge in [-0.15, -0.1) is 0 Å². The molecule has 1 aliphatic rings. The Labute approximate surface area is 124 Å². The molecule has 3 rings (SSSR count). The molecule has 1 aliphatic heterocycles. The SMILES string of the molecule is CC1NCCN(C(=O)c2ccn(-c3ccccc3)n2)C1C. The van der Waals surface area contributed by atoms with Crippen molar-refractivity contribution in [3.63, 3.8) is 0 Å². The summed E-state index contributed by atoms with van der Waals surface area (Å²) in [4.78, 5) is 14.5. The van der Waals surface area contributed by atoms with Crippen LogP contribution in [0, 0.1) is 0 Å². The number of hydrogen-bond donors (Lipinski definition) is 1. The van der Waals surface area contributed by atoms with Crippen molar-refractivity contribution >= 4 is 5.91 Å². The van der Waals surface area contributed by atoms with Crippen molar-refractivity contribution in [2.24, 2.45) is 0 Å². The van der Waals surface area contributed by atoms with Crippen molar-refractivity contribution in [1.29, 1.82) is 0 Å². The number of aromatic nitrogens is 2. The summed E-state index contributed by atoms with van der Waals surface area (Å²) in [5.74, 6) is 0.00512. The number of carbonyl (C=O) groups is 1. The van der Waals surface area contributed by atoms with E-state index >= 15 is 0 Å². The fraction of sp³-hybridized carbons (Fsp3) is 0.375. The van der Waals surface area contributed by atoms with Crippen molar-refractivity contribution < 1.29 is 4.79 Å². The number of benzene rings is 1. The number of nitrogens with one attached hydrogen (secondary N) is 1. The summed E-state index contributed by atoms with van der Waals surface area (Å²) in [7, 11) is 0. The number of amides is 1. The molecule has 2 aromatic rings. The Bertz CT molecular complexity index is 622. The molecule has 0 spiro atoms. The molecule has 1 aromatic carbocycles. The van der Waals surface area contributed by atoms with E-state index in [0.29, 0.717) is 11.7 Å². The van der Waals surface area contributed by atoms with Gasteiger partial charge in [0.05, 0.1) is 5.69 Å². The van der Waals surface area contributed by atoms with Crippen LogP contribution in [0.1, 0.15) is 24.3 Å². The highest BCUT2D eigenvalue weighted by molar-refractivity contribution is 5.92. The first-order chi connectivity index (χ1) is 10.2. The van der Waals surface area contributed by atoms with Crippen LogP contribution in [0.5, 0.6) is 0 Å². The first-order valence-corrected chi connectivity index (χ1v) is 7.32. The zero-order valence-electron chi connectivity index (χ0n) is 12.4. The minimum Gasteiger partial charge on any atom is -0.332 e. The molecule has 5 heteroatoms. The highest BCUT2D eigenvalue weighted by Gasteiger charge is 2.29. The van der Waals surface area contributed by atoms with E-state index in [2.05, 4.69) is 24.3 Å². The van der Waals surface area contributed by atoms with Gasteiger partial charge in [0.15, 0.2) is 5.69 Å². The zero-order valence-corrected chi connectivity index (χ0v) is 12.4. The quantitative estimate of drug-likeness (QED) is 0.913. The molecule has 110 valence electrons. The molecule has 0 aliphatic carbocycles. The molecule has 1 N–H and O–H groups in total. The van der Waals surface area contributed by atoms with Gasteiger partial charge in [0.1, 0.15) is 0 Å². The molecule has 0 bridgehead atoms. The average Bonchev–Trinajstić information content (AvgIpc) is 3.00. The lowest BCUT2D eigenvalue weighted by Crippen LogP contribution is -2.57. The fourth-order valence-electron chi connectivity index (χ4n) is 2.65. The summed E-state index contributed by atoms with van der Waals surface area (Å²) >= 11 is 0. The van der Waals surface area contributed by atoms with Gasteiger partial charge in [-0.05, 0) is 32.0 Å². The monoisotopic (exact) mass is 284 g/mol. The van der Waals surface area contributed by atoms with Crippen LogP contribution in [0.15, 0.2) is 42.6 Å². The van der Waals surface area contributed by atoms with Crippen molar-refractivity contribution in [2.45, 2.75) is 25.9 Å². The van der Waals surface area contributed by atoms with Crippen LogP contribution in [0.3, 0.4) is 0 Å². The normalized spacial score (nSPS) is 22.3. The highest BCUT2D eigenvalue weighted by Crippen LogP contribution is 2.14. The second kappa shape index (κ2) is 5.69. The van der Waals surface area contributed by atoms with E-state index in [1.807, 2.05) is 41.4 Å². The first-order valence-electron chi connectivity index (χ1n) is 7.32. The van der Waals surface area contributed by atoms with Crippen LogP contribution < -0.4 is 5.32 Å². The van der Waals surface area contributed by atoms with Gasteiger partial charge >= 0.3 is 0 Å². The van der Waals surface area contributed by atoms with E-state index in [-0.39, 0.29) is 11.9 Å². The Morgan fingerprint density at radius 3 is 2.76 bits per heavy atom. The van der Waals surface area contributed by atoms with Gasteiger partial charge in [-0.25, -0.2) is 4.68 Å². The van der Waals surface area contributed by atoms with Crippen molar-refractivity contribution in [2.75, 3.05) is 13.1 Å². The van der Waals surface area contributed by atoms with Gasteiger partial charge in [-0.3, -0.25) is 4.79 Å². The number of piperazine rings is 1. The molecule has 2 atom stereocenters. The predicted molar refractivity (Wildman–Crippen MR) is 81.5 cm³/mol. The van der Waals surface area contributed by atoms with Gasteiger partial charge < -0.3 is 10.2 Å². The number of carbonyl (C=O) groups excluding carboxylic acids is 1. The average molecular weight is 284 g/mol. The van der Waals surface area contributed by atoms with E-state index in [9.17, 15) is 4.79 Å². The summed E-state index contributed by atoms with van der Waals surface area (Å²) < 4.78 is 1.74. The zero-order chi connectivity index (χ0) is 14.8. The summed E-state index contributed by atoms with van der Waals surface area (Å²) in [5, 5.41) is 7.80. The third-order valence-corrected chi connectivity index (χ3v) is 4.12. The van der Waals surface area contributed by atoms with Crippen LogP contribution in [0.25, 0.3) is 5.69 Å². The molecule has 2 heterocycles. The second-order valence-electron chi connectivity index (χ2n) is 5.46. The second-order valence-corrected chi connectivity index (χ2v) is 5.46. The molecule has 5 nitrogen and oxygen atoms in total. The minimum atomic E-state index is 0.00512. The molecule has 0 radical (unpaired) electrons. The van der Waals surface area contributed by atoms with E-state index in [0.717, 1.165) is 18.8 Å². The maximum atomic E-state index is 12.6. The van der Waals surface area contributed by atoms with Crippen LogP contribution in [0.2, 0.25) is 0 Å². The Hall–Kier alpha value is -2.14. The van der Waals surface area contributed by atoms with E-state index in [4.69, 9.17) is 0 Å². The van der Waals surface area contributed by atoms with Gasteiger partial charge in [0.2, 0.25) is 0 Å². The fourth-order valence-corrected chi connectivity index (χ4v) is 2.65. The van der Waals surface area contributed by atoms with Gasteiger partial charge in [-0.1, -0.05) is 18.2 Å². The predicted octanol–water partition coefficient (Wildman–Crippen LogP) is 1.69. The van der Waals surface area contributed by atoms with E-state index in [1.54, 1.807) is 10.7 Å². The Kier molecular flexibility index (Phi) is 3.75. The maximum Gasteiger partial charge on any atom is 0.274 e. The number of rotatable bonds is 2.